The van der Waals surface area contributed by atoms with Gasteiger partial charge in [-0.1, -0.05) is 12.8 Å². The van der Waals surface area contributed by atoms with Crippen LogP contribution in [0.15, 0.2) is 0 Å². The van der Waals surface area contributed by atoms with Gasteiger partial charge >= 0.3 is 0 Å². The van der Waals surface area contributed by atoms with E-state index < -0.39 is 0 Å². The van der Waals surface area contributed by atoms with Crippen molar-refractivity contribution < 1.29 is 9.59 Å². The minimum Gasteiger partial charge on any atom is -0.344 e. The summed E-state index contributed by atoms with van der Waals surface area (Å²) in [5.74, 6) is 0.973. The molecule has 1 saturated heterocycles. The predicted octanol–water partition coefficient (Wildman–Crippen LogP) is 2.38. The highest BCUT2D eigenvalue weighted by Crippen LogP contribution is 2.28. The van der Waals surface area contributed by atoms with Gasteiger partial charge in [-0.2, -0.15) is 0 Å². The molecule has 0 bridgehead atoms. The summed E-state index contributed by atoms with van der Waals surface area (Å²) in [5.41, 5.74) is 0.814. The van der Waals surface area contributed by atoms with Gasteiger partial charge in [0.15, 0.2) is 0 Å². The molecule has 1 aromatic heterocycles. The van der Waals surface area contributed by atoms with Crippen LogP contribution in [-0.4, -0.2) is 71.8 Å². The molecule has 2 fully saturated rings. The summed E-state index contributed by atoms with van der Waals surface area (Å²) in [4.78, 5) is 35.9. The number of carbonyl (C=O) groups excluding carboxylic acids is 2. The van der Waals surface area contributed by atoms with Crippen LogP contribution in [0.1, 0.15) is 52.5 Å². The first-order valence-corrected chi connectivity index (χ1v) is 10.4. The monoisotopic (exact) mass is 378 g/mol. The summed E-state index contributed by atoms with van der Waals surface area (Å²) in [6.45, 7) is 6.03. The van der Waals surface area contributed by atoms with E-state index in [1.165, 1.54) is 37.0 Å². The SMILES string of the molecule is Cc1nc(CN2CCN(C(=O)CC3CCCC3)CC2)sc1C(=O)N(C)C. The van der Waals surface area contributed by atoms with E-state index in [9.17, 15) is 9.59 Å². The van der Waals surface area contributed by atoms with Crippen molar-refractivity contribution in [3.8, 4) is 0 Å². The number of carbonyl (C=O) groups is 2. The Bertz CT molecular complexity index is 644. The highest BCUT2D eigenvalue weighted by atomic mass is 32.1. The molecule has 2 heterocycles. The molecular weight excluding hydrogens is 348 g/mol. The molecule has 0 aromatic carbocycles. The zero-order chi connectivity index (χ0) is 18.7. The van der Waals surface area contributed by atoms with E-state index in [2.05, 4.69) is 9.88 Å². The molecule has 1 aliphatic carbocycles. The predicted molar refractivity (Wildman–Crippen MR) is 103 cm³/mol. The number of piperazine rings is 1. The van der Waals surface area contributed by atoms with Crippen molar-refractivity contribution in [2.45, 2.75) is 45.6 Å². The number of thiazole rings is 1. The molecule has 0 atom stereocenters. The van der Waals surface area contributed by atoms with Gasteiger partial charge in [0.05, 0.1) is 12.2 Å². The van der Waals surface area contributed by atoms with Crippen LogP contribution in [0.25, 0.3) is 0 Å². The van der Waals surface area contributed by atoms with Crippen molar-refractivity contribution in [1.82, 2.24) is 19.7 Å². The quantitative estimate of drug-likeness (QED) is 0.789. The molecule has 1 saturated carbocycles. The molecule has 0 radical (unpaired) electrons. The first kappa shape index (κ1) is 19.3. The average molecular weight is 379 g/mol. The second-order valence-corrected chi connectivity index (χ2v) is 8.82. The van der Waals surface area contributed by atoms with Gasteiger partial charge in [0, 0.05) is 46.7 Å². The van der Waals surface area contributed by atoms with E-state index in [0.29, 0.717) is 11.8 Å². The maximum absolute atomic E-state index is 12.5. The zero-order valence-corrected chi connectivity index (χ0v) is 17.0. The number of aryl methyl sites for hydroxylation is 1. The van der Waals surface area contributed by atoms with Gasteiger partial charge in [-0.05, 0) is 25.7 Å². The van der Waals surface area contributed by atoms with Crippen molar-refractivity contribution >= 4 is 23.2 Å². The molecule has 1 aliphatic heterocycles. The average Bonchev–Trinajstić information content (AvgIpc) is 3.24. The van der Waals surface area contributed by atoms with E-state index in [4.69, 9.17) is 0 Å². The molecular formula is C19H30N4O2S. The molecule has 7 heteroatoms. The van der Waals surface area contributed by atoms with Crippen LogP contribution in [0.2, 0.25) is 0 Å². The number of hydrogen-bond donors (Lipinski definition) is 0. The van der Waals surface area contributed by atoms with Crippen LogP contribution >= 0.6 is 11.3 Å². The fourth-order valence-corrected chi connectivity index (χ4v) is 4.99. The summed E-state index contributed by atoms with van der Waals surface area (Å²) in [7, 11) is 3.53. The van der Waals surface area contributed by atoms with E-state index in [-0.39, 0.29) is 5.91 Å². The third-order valence-electron chi connectivity index (χ3n) is 5.46. The van der Waals surface area contributed by atoms with Crippen molar-refractivity contribution in [2.75, 3.05) is 40.3 Å². The van der Waals surface area contributed by atoms with E-state index in [0.717, 1.165) is 54.7 Å². The van der Waals surface area contributed by atoms with Crippen molar-refractivity contribution in [3.05, 3.63) is 15.6 Å². The molecule has 144 valence electrons. The molecule has 26 heavy (non-hydrogen) atoms. The molecule has 0 unspecified atom stereocenters. The molecule has 2 amide bonds. The Morgan fingerprint density at radius 3 is 2.42 bits per heavy atom. The molecule has 0 N–H and O–H groups in total. The van der Waals surface area contributed by atoms with E-state index >= 15 is 0 Å². The largest absolute Gasteiger partial charge is 0.344 e. The smallest absolute Gasteiger partial charge is 0.265 e. The Balaban J connectivity index is 1.49. The van der Waals surface area contributed by atoms with Crippen LogP contribution in [0.5, 0.6) is 0 Å². The summed E-state index contributed by atoms with van der Waals surface area (Å²) < 4.78 is 0. The Kier molecular flexibility index (Phi) is 6.29. The standard InChI is InChI=1S/C19H30N4O2S/c1-14-18(19(25)21(2)3)26-16(20-14)13-22-8-10-23(11-9-22)17(24)12-15-6-4-5-7-15/h15H,4-13H2,1-3H3. The second-order valence-electron chi connectivity index (χ2n) is 7.73. The number of nitrogens with zero attached hydrogens (tertiary/aromatic N) is 4. The van der Waals surface area contributed by atoms with Gasteiger partial charge in [0.25, 0.3) is 5.91 Å². The highest BCUT2D eigenvalue weighted by Gasteiger charge is 2.26. The first-order chi connectivity index (χ1) is 12.4. The second kappa shape index (κ2) is 8.48. The Hall–Kier alpha value is -1.47. The van der Waals surface area contributed by atoms with Crippen LogP contribution in [0, 0.1) is 12.8 Å². The summed E-state index contributed by atoms with van der Waals surface area (Å²) in [5, 5.41) is 0.985. The molecule has 2 aliphatic rings. The molecule has 1 aromatic rings. The maximum atomic E-state index is 12.5. The molecule has 3 rings (SSSR count). The Labute approximate surface area is 160 Å². The summed E-state index contributed by atoms with van der Waals surface area (Å²) in [6.07, 6.45) is 5.77. The third kappa shape index (κ3) is 4.62. The molecule has 6 nitrogen and oxygen atoms in total. The van der Waals surface area contributed by atoms with Gasteiger partial charge in [-0.15, -0.1) is 11.3 Å². The fraction of sp³-hybridized carbons (Fsp3) is 0.737. The van der Waals surface area contributed by atoms with E-state index in [1.54, 1.807) is 19.0 Å². The zero-order valence-electron chi connectivity index (χ0n) is 16.2. The number of amides is 2. The number of rotatable bonds is 5. The van der Waals surface area contributed by atoms with Crippen molar-refractivity contribution in [1.29, 1.82) is 0 Å². The topological polar surface area (TPSA) is 56.8 Å². The molecule has 0 spiro atoms. The van der Waals surface area contributed by atoms with Crippen LogP contribution < -0.4 is 0 Å². The van der Waals surface area contributed by atoms with Gasteiger partial charge in [-0.3, -0.25) is 14.5 Å². The lowest BCUT2D eigenvalue weighted by Crippen LogP contribution is -2.48. The fourth-order valence-electron chi connectivity index (χ4n) is 3.86. The maximum Gasteiger partial charge on any atom is 0.265 e. The van der Waals surface area contributed by atoms with Gasteiger partial charge in [0.2, 0.25) is 5.91 Å². The van der Waals surface area contributed by atoms with Crippen LogP contribution in [0.4, 0.5) is 0 Å². The minimum atomic E-state index is 0.0218. The first-order valence-electron chi connectivity index (χ1n) is 9.62. The lowest BCUT2D eigenvalue weighted by atomic mass is 10.0. The van der Waals surface area contributed by atoms with Gasteiger partial charge < -0.3 is 9.80 Å². The summed E-state index contributed by atoms with van der Waals surface area (Å²) in [6, 6.07) is 0. The minimum absolute atomic E-state index is 0.0218. The summed E-state index contributed by atoms with van der Waals surface area (Å²) >= 11 is 1.49. The lowest BCUT2D eigenvalue weighted by Gasteiger charge is -2.34. The van der Waals surface area contributed by atoms with Gasteiger partial charge in [-0.25, -0.2) is 4.98 Å². The van der Waals surface area contributed by atoms with E-state index in [1.807, 2.05) is 11.8 Å². The van der Waals surface area contributed by atoms with Gasteiger partial charge in [0.1, 0.15) is 9.88 Å². The lowest BCUT2D eigenvalue weighted by molar-refractivity contribution is -0.134. The number of hydrogen-bond acceptors (Lipinski definition) is 5. The third-order valence-corrected chi connectivity index (χ3v) is 6.59. The van der Waals surface area contributed by atoms with Crippen LogP contribution in [-0.2, 0) is 11.3 Å². The number of aromatic nitrogens is 1. The van der Waals surface area contributed by atoms with Crippen LogP contribution in [0.3, 0.4) is 0 Å². The highest BCUT2D eigenvalue weighted by molar-refractivity contribution is 7.13. The van der Waals surface area contributed by atoms with Crippen molar-refractivity contribution in [3.63, 3.8) is 0 Å². The normalized spacial score (nSPS) is 19.1. The van der Waals surface area contributed by atoms with Crippen molar-refractivity contribution in [2.24, 2.45) is 5.92 Å². The Morgan fingerprint density at radius 2 is 1.81 bits per heavy atom. The Morgan fingerprint density at radius 1 is 1.15 bits per heavy atom.